The Kier molecular flexibility index (Phi) is 7.21. The van der Waals surface area contributed by atoms with Gasteiger partial charge in [-0.2, -0.15) is 0 Å². The van der Waals surface area contributed by atoms with Crippen LogP contribution in [0.3, 0.4) is 0 Å². The molecule has 0 radical (unpaired) electrons. The Morgan fingerprint density at radius 1 is 0.460 bits per heavy atom. The van der Waals surface area contributed by atoms with Crippen LogP contribution in [0.1, 0.15) is 27.8 Å². The molecule has 9 aromatic rings. The quantitative estimate of drug-likeness (QED) is 0.161. The van der Waals surface area contributed by atoms with E-state index in [2.05, 4.69) is 188 Å². The summed E-state index contributed by atoms with van der Waals surface area (Å²) in [4.78, 5) is 5.44. The van der Waals surface area contributed by atoms with Crippen molar-refractivity contribution in [2.45, 2.75) is 27.4 Å². The maximum Gasteiger partial charge on any atom is 0.115 e. The van der Waals surface area contributed by atoms with Crippen molar-refractivity contribution in [2.75, 3.05) is 0 Å². The van der Waals surface area contributed by atoms with Gasteiger partial charge in [0.15, 0.2) is 0 Å². The molecule has 3 heteroatoms. The van der Waals surface area contributed by atoms with Crippen molar-refractivity contribution in [3.05, 3.63) is 186 Å². The van der Waals surface area contributed by atoms with E-state index in [4.69, 9.17) is 4.99 Å². The largest absolute Gasteiger partial charge is 0.320 e. The zero-order valence-electron chi connectivity index (χ0n) is 28.6. The van der Waals surface area contributed by atoms with Crippen molar-refractivity contribution in [3.63, 3.8) is 0 Å². The van der Waals surface area contributed by atoms with Gasteiger partial charge in [0.1, 0.15) is 6.67 Å². The monoisotopic (exact) mass is 643 g/mol. The van der Waals surface area contributed by atoms with Crippen LogP contribution in [0.2, 0.25) is 0 Å². The molecule has 2 aromatic heterocycles. The Morgan fingerprint density at radius 3 is 1.70 bits per heavy atom. The third-order valence-corrected chi connectivity index (χ3v) is 10.3. The summed E-state index contributed by atoms with van der Waals surface area (Å²) in [5.74, 6) is 0. The molecule has 0 amide bonds. The van der Waals surface area contributed by atoms with Gasteiger partial charge >= 0.3 is 0 Å². The van der Waals surface area contributed by atoms with Crippen LogP contribution in [0, 0.1) is 20.8 Å². The van der Waals surface area contributed by atoms with Crippen LogP contribution in [-0.4, -0.2) is 14.8 Å². The molecular formula is C47H37N3. The Balaban J connectivity index is 1.19. The molecule has 0 N–H and O–H groups in total. The van der Waals surface area contributed by atoms with E-state index >= 15 is 0 Å². The SMILES string of the molecule is Cc1ccccc1/C(=N/Cn1c2ccccc2c2cc(-c3ccc4c(c3)c3ccccc3n4-c3ccccc3)ccc21)c1c(C)cccc1C. The van der Waals surface area contributed by atoms with E-state index in [1.165, 1.54) is 88.2 Å². The van der Waals surface area contributed by atoms with Gasteiger partial charge in [0.2, 0.25) is 0 Å². The first-order valence-electron chi connectivity index (χ1n) is 17.3. The van der Waals surface area contributed by atoms with E-state index < -0.39 is 0 Å². The average molecular weight is 644 g/mol. The van der Waals surface area contributed by atoms with Gasteiger partial charge in [0, 0.05) is 38.4 Å². The molecule has 0 saturated carbocycles. The molecule has 0 fully saturated rings. The van der Waals surface area contributed by atoms with Gasteiger partial charge in [-0.3, -0.25) is 4.99 Å². The summed E-state index contributed by atoms with van der Waals surface area (Å²) in [5.41, 5.74) is 15.5. The first-order chi connectivity index (χ1) is 24.6. The Hall–Kier alpha value is -6.19. The van der Waals surface area contributed by atoms with Gasteiger partial charge in [-0.05, 0) is 97.1 Å². The first-order valence-corrected chi connectivity index (χ1v) is 17.3. The smallest absolute Gasteiger partial charge is 0.115 e. The third kappa shape index (κ3) is 4.85. The molecule has 0 aliphatic heterocycles. The molecule has 0 aliphatic rings. The number of para-hydroxylation sites is 3. The fraction of sp³-hybridized carbons (Fsp3) is 0.0851. The minimum absolute atomic E-state index is 0.520. The highest BCUT2D eigenvalue weighted by Gasteiger charge is 2.17. The molecule has 240 valence electrons. The predicted octanol–water partition coefficient (Wildman–Crippen LogP) is 12.0. The van der Waals surface area contributed by atoms with Gasteiger partial charge in [-0.1, -0.05) is 109 Å². The molecule has 0 saturated heterocycles. The lowest BCUT2D eigenvalue weighted by Crippen LogP contribution is -2.11. The molecular weight excluding hydrogens is 607 g/mol. The lowest BCUT2D eigenvalue weighted by atomic mass is 9.92. The van der Waals surface area contributed by atoms with Crippen molar-refractivity contribution in [3.8, 4) is 16.8 Å². The lowest BCUT2D eigenvalue weighted by molar-refractivity contribution is 0.792. The topological polar surface area (TPSA) is 22.2 Å². The molecule has 50 heavy (non-hydrogen) atoms. The first kappa shape index (κ1) is 29.9. The second-order valence-corrected chi connectivity index (χ2v) is 13.3. The number of benzene rings is 7. The van der Waals surface area contributed by atoms with Gasteiger partial charge in [-0.15, -0.1) is 0 Å². The summed E-state index contributed by atoms with van der Waals surface area (Å²) in [7, 11) is 0. The molecule has 3 nitrogen and oxygen atoms in total. The van der Waals surface area contributed by atoms with E-state index in [9.17, 15) is 0 Å². The number of fused-ring (bicyclic) bond motifs is 6. The summed E-state index contributed by atoms with van der Waals surface area (Å²) < 4.78 is 4.74. The molecule has 0 spiro atoms. The summed E-state index contributed by atoms with van der Waals surface area (Å²) in [6.07, 6.45) is 0. The van der Waals surface area contributed by atoms with Crippen molar-refractivity contribution >= 4 is 49.3 Å². The van der Waals surface area contributed by atoms with E-state index in [1.54, 1.807) is 0 Å². The molecule has 0 unspecified atom stereocenters. The van der Waals surface area contributed by atoms with Gasteiger partial charge in [0.25, 0.3) is 0 Å². The van der Waals surface area contributed by atoms with Crippen LogP contribution in [-0.2, 0) is 6.67 Å². The second kappa shape index (κ2) is 12.0. The number of aliphatic imine (C=N–C) groups is 1. The summed E-state index contributed by atoms with van der Waals surface area (Å²) in [6.45, 7) is 7.08. The van der Waals surface area contributed by atoms with Crippen molar-refractivity contribution < 1.29 is 0 Å². The minimum Gasteiger partial charge on any atom is -0.320 e. The highest BCUT2D eigenvalue weighted by atomic mass is 15.1. The Morgan fingerprint density at radius 2 is 0.980 bits per heavy atom. The van der Waals surface area contributed by atoms with Crippen LogP contribution in [0.4, 0.5) is 0 Å². The van der Waals surface area contributed by atoms with Gasteiger partial charge in [0.05, 0.1) is 27.8 Å². The average Bonchev–Trinajstić information content (AvgIpc) is 3.65. The molecule has 0 aliphatic carbocycles. The van der Waals surface area contributed by atoms with Crippen LogP contribution < -0.4 is 0 Å². The predicted molar refractivity (Wildman–Crippen MR) is 212 cm³/mol. The van der Waals surface area contributed by atoms with Crippen molar-refractivity contribution in [2.24, 2.45) is 4.99 Å². The summed E-state index contributed by atoms with van der Waals surface area (Å²) >= 11 is 0. The standard InChI is InChI=1S/C47H37N3/c1-31-14-7-8-19-37(31)47(46-32(2)15-13-16-33(46)3)48-30-49-42-22-11-9-20-38(42)40-28-34(24-26-43(40)49)35-25-27-45-41(29-35)39-21-10-12-23-44(39)50(45)36-17-5-4-6-18-36/h4-29H,30H2,1-3H3/b48-47-. The maximum absolute atomic E-state index is 5.44. The van der Waals surface area contributed by atoms with Crippen molar-refractivity contribution in [1.29, 1.82) is 0 Å². The fourth-order valence-electron chi connectivity index (χ4n) is 7.86. The van der Waals surface area contributed by atoms with Crippen molar-refractivity contribution in [1.82, 2.24) is 9.13 Å². The normalized spacial score (nSPS) is 12.1. The van der Waals surface area contributed by atoms with E-state index in [1.807, 2.05) is 0 Å². The van der Waals surface area contributed by atoms with E-state index in [0.29, 0.717) is 6.67 Å². The van der Waals surface area contributed by atoms with Crippen LogP contribution in [0.15, 0.2) is 163 Å². The third-order valence-electron chi connectivity index (χ3n) is 10.3. The molecule has 9 rings (SSSR count). The van der Waals surface area contributed by atoms with E-state index in [0.717, 1.165) is 5.71 Å². The number of hydrogen-bond acceptors (Lipinski definition) is 1. The summed E-state index contributed by atoms with van der Waals surface area (Å²) in [5, 5.41) is 5.00. The number of aryl methyl sites for hydroxylation is 3. The number of nitrogens with zero attached hydrogens (tertiary/aromatic N) is 3. The molecule has 0 bridgehead atoms. The molecule has 7 aromatic carbocycles. The van der Waals surface area contributed by atoms with E-state index in [-0.39, 0.29) is 0 Å². The minimum atomic E-state index is 0.520. The highest BCUT2D eigenvalue weighted by molar-refractivity contribution is 6.16. The molecule has 2 heterocycles. The number of hydrogen-bond donors (Lipinski definition) is 0. The van der Waals surface area contributed by atoms with Crippen LogP contribution in [0.5, 0.6) is 0 Å². The summed E-state index contributed by atoms with van der Waals surface area (Å²) in [6, 6.07) is 57.0. The lowest BCUT2D eigenvalue weighted by Gasteiger charge is -2.16. The highest BCUT2D eigenvalue weighted by Crippen LogP contribution is 2.37. The zero-order valence-corrected chi connectivity index (χ0v) is 28.6. The zero-order chi connectivity index (χ0) is 33.8. The molecule has 0 atom stereocenters. The maximum atomic E-state index is 5.44. The Bertz CT molecular complexity index is 2740. The van der Waals surface area contributed by atoms with Gasteiger partial charge < -0.3 is 9.13 Å². The fourth-order valence-corrected chi connectivity index (χ4v) is 7.86. The van der Waals surface area contributed by atoms with Gasteiger partial charge in [-0.25, -0.2) is 0 Å². The number of rotatable bonds is 6. The second-order valence-electron chi connectivity index (χ2n) is 13.3. The van der Waals surface area contributed by atoms with Crippen LogP contribution >= 0.6 is 0 Å². The Labute approximate surface area is 292 Å². The number of aromatic nitrogens is 2. The van der Waals surface area contributed by atoms with Crippen LogP contribution in [0.25, 0.3) is 60.4 Å².